The van der Waals surface area contributed by atoms with E-state index in [2.05, 4.69) is 5.32 Å². The summed E-state index contributed by atoms with van der Waals surface area (Å²) in [5.41, 5.74) is 2.48. The van der Waals surface area contributed by atoms with E-state index in [0.717, 1.165) is 36.8 Å². The van der Waals surface area contributed by atoms with Gasteiger partial charge in [0.25, 0.3) is 5.91 Å². The Labute approximate surface area is 172 Å². The number of para-hydroxylation sites is 1. The molecule has 1 saturated heterocycles. The van der Waals surface area contributed by atoms with E-state index in [1.165, 1.54) is 0 Å². The second-order valence-corrected chi connectivity index (χ2v) is 9.34. The van der Waals surface area contributed by atoms with Crippen molar-refractivity contribution >= 4 is 21.6 Å². The minimum Gasteiger partial charge on any atom is -0.483 e. The van der Waals surface area contributed by atoms with Gasteiger partial charge in [-0.3, -0.25) is 4.79 Å². The maximum atomic E-state index is 12.8. The van der Waals surface area contributed by atoms with Gasteiger partial charge in [0, 0.05) is 18.8 Å². The molecule has 29 heavy (non-hydrogen) atoms. The van der Waals surface area contributed by atoms with Gasteiger partial charge in [0.05, 0.1) is 4.90 Å². The van der Waals surface area contributed by atoms with Crippen molar-refractivity contribution in [2.24, 2.45) is 0 Å². The number of carbonyl (C=O) groups is 1. The fourth-order valence-corrected chi connectivity index (χ4v) is 5.02. The van der Waals surface area contributed by atoms with Crippen LogP contribution in [0.5, 0.6) is 5.75 Å². The molecule has 2 aromatic rings. The minimum atomic E-state index is -3.49. The van der Waals surface area contributed by atoms with Crippen LogP contribution in [0.25, 0.3) is 0 Å². The summed E-state index contributed by atoms with van der Waals surface area (Å²) in [7, 11) is -3.49. The summed E-state index contributed by atoms with van der Waals surface area (Å²) in [5.74, 6) is 0.414. The number of carbonyl (C=O) groups excluding carboxylic acids is 1. The van der Waals surface area contributed by atoms with Crippen LogP contribution in [-0.4, -0.2) is 38.3 Å². The van der Waals surface area contributed by atoms with E-state index >= 15 is 0 Å². The second-order valence-electron chi connectivity index (χ2n) is 7.40. The molecule has 0 radical (unpaired) electrons. The smallest absolute Gasteiger partial charge is 0.262 e. The number of aryl methyl sites for hydroxylation is 2. The van der Waals surface area contributed by atoms with Crippen LogP contribution >= 0.6 is 0 Å². The first-order valence-corrected chi connectivity index (χ1v) is 11.4. The van der Waals surface area contributed by atoms with Gasteiger partial charge in [0.1, 0.15) is 5.75 Å². The van der Waals surface area contributed by atoms with Gasteiger partial charge in [-0.2, -0.15) is 4.31 Å². The van der Waals surface area contributed by atoms with Gasteiger partial charge in [-0.25, -0.2) is 8.42 Å². The van der Waals surface area contributed by atoms with E-state index in [1.807, 2.05) is 32.0 Å². The van der Waals surface area contributed by atoms with Gasteiger partial charge >= 0.3 is 0 Å². The second kappa shape index (κ2) is 9.41. The standard InChI is InChI=1S/C22H28N2O4S/c1-17-8-7-9-18(2)22(17)28-16-21(25)23-19-10-12-20(13-11-19)29(26,27)24-14-5-3-4-6-15-24/h7-13H,3-6,14-16H2,1-2H3,(H,23,25). The summed E-state index contributed by atoms with van der Waals surface area (Å²) in [5, 5.41) is 2.75. The summed E-state index contributed by atoms with van der Waals surface area (Å²) >= 11 is 0. The van der Waals surface area contributed by atoms with Gasteiger partial charge in [-0.05, 0) is 62.1 Å². The molecule has 0 aliphatic carbocycles. The zero-order valence-electron chi connectivity index (χ0n) is 17.0. The van der Waals surface area contributed by atoms with Crippen LogP contribution in [0.2, 0.25) is 0 Å². The molecule has 1 N–H and O–H groups in total. The Balaban J connectivity index is 1.60. The van der Waals surface area contributed by atoms with Gasteiger partial charge in [0.15, 0.2) is 6.61 Å². The molecule has 0 saturated carbocycles. The van der Waals surface area contributed by atoms with Crippen molar-refractivity contribution < 1.29 is 17.9 Å². The Morgan fingerprint density at radius 1 is 0.966 bits per heavy atom. The van der Waals surface area contributed by atoms with Crippen molar-refractivity contribution in [3.8, 4) is 5.75 Å². The highest BCUT2D eigenvalue weighted by atomic mass is 32.2. The number of anilines is 1. The lowest BCUT2D eigenvalue weighted by atomic mass is 10.1. The fraction of sp³-hybridized carbons (Fsp3) is 0.409. The molecule has 1 aliphatic heterocycles. The maximum Gasteiger partial charge on any atom is 0.262 e. The van der Waals surface area contributed by atoms with E-state index in [4.69, 9.17) is 4.74 Å². The van der Waals surface area contributed by atoms with Crippen molar-refractivity contribution in [3.63, 3.8) is 0 Å². The number of sulfonamides is 1. The van der Waals surface area contributed by atoms with Crippen molar-refractivity contribution in [2.75, 3.05) is 25.0 Å². The molecule has 1 heterocycles. The van der Waals surface area contributed by atoms with Gasteiger partial charge < -0.3 is 10.1 Å². The van der Waals surface area contributed by atoms with Crippen molar-refractivity contribution in [2.45, 2.75) is 44.4 Å². The highest BCUT2D eigenvalue weighted by Gasteiger charge is 2.25. The SMILES string of the molecule is Cc1cccc(C)c1OCC(=O)Nc1ccc(S(=O)(=O)N2CCCCCC2)cc1. The summed E-state index contributed by atoms with van der Waals surface area (Å²) in [4.78, 5) is 12.5. The van der Waals surface area contributed by atoms with Crippen molar-refractivity contribution in [3.05, 3.63) is 53.6 Å². The molecule has 0 bridgehead atoms. The number of nitrogens with one attached hydrogen (secondary N) is 1. The zero-order chi connectivity index (χ0) is 20.9. The van der Waals surface area contributed by atoms with Crippen molar-refractivity contribution in [1.29, 1.82) is 0 Å². The van der Waals surface area contributed by atoms with Crippen LogP contribution in [0.1, 0.15) is 36.8 Å². The first-order valence-electron chi connectivity index (χ1n) is 9.97. The maximum absolute atomic E-state index is 12.8. The van der Waals surface area contributed by atoms with Crippen LogP contribution in [-0.2, 0) is 14.8 Å². The zero-order valence-corrected chi connectivity index (χ0v) is 17.8. The van der Waals surface area contributed by atoms with Crippen molar-refractivity contribution in [1.82, 2.24) is 4.31 Å². The van der Waals surface area contributed by atoms with E-state index in [-0.39, 0.29) is 17.4 Å². The van der Waals surface area contributed by atoms with Gasteiger partial charge in [-0.15, -0.1) is 0 Å². The molecule has 1 fully saturated rings. The predicted octanol–water partition coefficient (Wildman–Crippen LogP) is 3.89. The largest absolute Gasteiger partial charge is 0.483 e. The van der Waals surface area contributed by atoms with Crippen LogP contribution in [0, 0.1) is 13.8 Å². The Morgan fingerprint density at radius 2 is 1.55 bits per heavy atom. The number of ether oxygens (including phenoxy) is 1. The molecular weight excluding hydrogens is 388 g/mol. The van der Waals surface area contributed by atoms with Crippen LogP contribution in [0.3, 0.4) is 0 Å². The molecule has 156 valence electrons. The molecule has 1 aliphatic rings. The molecule has 0 spiro atoms. The van der Waals surface area contributed by atoms with Gasteiger partial charge in [0.2, 0.25) is 10.0 Å². The molecule has 0 aromatic heterocycles. The third-order valence-corrected chi connectivity index (χ3v) is 7.01. The summed E-state index contributed by atoms with van der Waals surface area (Å²) in [6, 6.07) is 12.1. The molecule has 1 amide bonds. The number of rotatable bonds is 6. The Kier molecular flexibility index (Phi) is 6.92. The fourth-order valence-electron chi connectivity index (χ4n) is 3.50. The molecule has 6 nitrogen and oxygen atoms in total. The molecule has 0 unspecified atom stereocenters. The topological polar surface area (TPSA) is 75.7 Å². The normalized spacial score (nSPS) is 15.5. The lowest BCUT2D eigenvalue weighted by molar-refractivity contribution is -0.118. The minimum absolute atomic E-state index is 0.112. The van der Waals surface area contributed by atoms with Gasteiger partial charge in [-0.1, -0.05) is 31.0 Å². The molecule has 3 rings (SSSR count). The molecule has 2 aromatic carbocycles. The summed E-state index contributed by atoms with van der Waals surface area (Å²) in [6.07, 6.45) is 3.93. The van der Waals surface area contributed by atoms with Crippen LogP contribution < -0.4 is 10.1 Å². The number of hydrogen-bond acceptors (Lipinski definition) is 4. The third-order valence-electron chi connectivity index (χ3n) is 5.10. The van der Waals surface area contributed by atoms with E-state index in [9.17, 15) is 13.2 Å². The Morgan fingerprint density at radius 3 is 2.14 bits per heavy atom. The first kappa shape index (κ1) is 21.3. The number of hydrogen-bond donors (Lipinski definition) is 1. The van der Waals surface area contributed by atoms with Crippen LogP contribution in [0.4, 0.5) is 5.69 Å². The number of benzene rings is 2. The third kappa shape index (κ3) is 5.36. The Bertz CT molecular complexity index is 927. The quantitative estimate of drug-likeness (QED) is 0.775. The Hall–Kier alpha value is -2.38. The summed E-state index contributed by atoms with van der Waals surface area (Å²) in [6.45, 7) is 4.89. The summed E-state index contributed by atoms with van der Waals surface area (Å²) < 4.78 is 32.8. The monoisotopic (exact) mass is 416 g/mol. The molecule has 0 atom stereocenters. The van der Waals surface area contributed by atoms with Crippen LogP contribution in [0.15, 0.2) is 47.4 Å². The molecular formula is C22H28N2O4S. The van der Waals surface area contributed by atoms with E-state index in [0.29, 0.717) is 24.5 Å². The number of nitrogens with zero attached hydrogens (tertiary/aromatic N) is 1. The lowest BCUT2D eigenvalue weighted by Gasteiger charge is -2.20. The highest BCUT2D eigenvalue weighted by molar-refractivity contribution is 7.89. The van der Waals surface area contributed by atoms with E-state index in [1.54, 1.807) is 28.6 Å². The predicted molar refractivity (Wildman–Crippen MR) is 114 cm³/mol. The average Bonchev–Trinajstić information content (AvgIpc) is 2.98. The van der Waals surface area contributed by atoms with E-state index < -0.39 is 10.0 Å². The highest BCUT2D eigenvalue weighted by Crippen LogP contribution is 2.23. The lowest BCUT2D eigenvalue weighted by Crippen LogP contribution is -2.31. The number of amides is 1. The average molecular weight is 417 g/mol. The molecule has 7 heteroatoms. The first-order chi connectivity index (χ1) is 13.9.